The van der Waals surface area contributed by atoms with Gasteiger partial charge in [0.1, 0.15) is 12.4 Å². The lowest BCUT2D eigenvalue weighted by Crippen LogP contribution is -2.36. The van der Waals surface area contributed by atoms with Crippen molar-refractivity contribution in [2.24, 2.45) is 0 Å². The SMILES string of the molecule is C=CCOc1c(Cl)c(Cc2ccc(CC)cc2)cc(C2CC(OCc3ccccc3)CC(COCc3ccccc3)O2)c1C=C. The molecule has 0 aliphatic carbocycles. The summed E-state index contributed by atoms with van der Waals surface area (Å²) < 4.78 is 25.7. The highest BCUT2D eigenvalue weighted by molar-refractivity contribution is 6.33. The number of hydrogen-bond acceptors (Lipinski definition) is 4. The minimum Gasteiger partial charge on any atom is -0.487 e. The Morgan fingerprint density at radius 3 is 2.16 bits per heavy atom. The zero-order chi connectivity index (χ0) is 31.4. The van der Waals surface area contributed by atoms with E-state index in [0.29, 0.717) is 50.0 Å². The number of benzene rings is 4. The zero-order valence-electron chi connectivity index (χ0n) is 26.1. The van der Waals surface area contributed by atoms with E-state index >= 15 is 0 Å². The summed E-state index contributed by atoms with van der Waals surface area (Å²) in [6.07, 6.45) is 6.21. The van der Waals surface area contributed by atoms with Crippen LogP contribution < -0.4 is 4.74 Å². The fraction of sp³-hybridized carbons (Fsp3) is 0.300. The van der Waals surface area contributed by atoms with E-state index < -0.39 is 0 Å². The molecule has 0 spiro atoms. The first-order valence-electron chi connectivity index (χ1n) is 15.8. The van der Waals surface area contributed by atoms with Gasteiger partial charge in [0.25, 0.3) is 0 Å². The number of ether oxygens (including phenoxy) is 4. The Labute approximate surface area is 273 Å². The van der Waals surface area contributed by atoms with Crippen molar-refractivity contribution in [2.45, 2.75) is 64.1 Å². The quantitative estimate of drug-likeness (QED) is 0.124. The van der Waals surface area contributed by atoms with Crippen molar-refractivity contribution in [2.75, 3.05) is 13.2 Å². The first-order chi connectivity index (χ1) is 22.1. The van der Waals surface area contributed by atoms with Gasteiger partial charge in [-0.25, -0.2) is 0 Å². The van der Waals surface area contributed by atoms with E-state index in [1.165, 1.54) is 11.1 Å². The minimum atomic E-state index is -0.262. The zero-order valence-corrected chi connectivity index (χ0v) is 26.9. The molecule has 45 heavy (non-hydrogen) atoms. The van der Waals surface area contributed by atoms with Crippen molar-refractivity contribution in [1.82, 2.24) is 0 Å². The summed E-state index contributed by atoms with van der Waals surface area (Å²) in [4.78, 5) is 0. The summed E-state index contributed by atoms with van der Waals surface area (Å²) >= 11 is 7.06. The lowest BCUT2D eigenvalue weighted by molar-refractivity contribution is -0.142. The number of halogens is 1. The average Bonchev–Trinajstić information content (AvgIpc) is 3.08. The van der Waals surface area contributed by atoms with E-state index in [4.69, 9.17) is 30.5 Å². The van der Waals surface area contributed by atoms with E-state index in [9.17, 15) is 0 Å². The van der Waals surface area contributed by atoms with Crippen LogP contribution in [0.2, 0.25) is 5.02 Å². The average molecular weight is 623 g/mol. The van der Waals surface area contributed by atoms with Gasteiger partial charge in [-0.2, -0.15) is 0 Å². The second-order valence-corrected chi connectivity index (χ2v) is 11.8. The molecule has 4 aromatic rings. The predicted molar refractivity (Wildman–Crippen MR) is 184 cm³/mol. The lowest BCUT2D eigenvalue weighted by Gasteiger charge is -2.36. The Bertz CT molecular complexity index is 1520. The van der Waals surface area contributed by atoms with Crippen molar-refractivity contribution in [3.05, 3.63) is 154 Å². The molecular weight excluding hydrogens is 580 g/mol. The second kappa shape index (κ2) is 16.6. The smallest absolute Gasteiger partial charge is 0.146 e. The fourth-order valence-corrected chi connectivity index (χ4v) is 6.09. The summed E-state index contributed by atoms with van der Waals surface area (Å²) in [6, 6.07) is 31.4. The molecule has 234 valence electrons. The van der Waals surface area contributed by atoms with Gasteiger partial charge in [-0.05, 0) is 46.2 Å². The minimum absolute atomic E-state index is 0.0230. The highest BCUT2D eigenvalue weighted by Gasteiger charge is 2.34. The number of rotatable bonds is 15. The van der Waals surface area contributed by atoms with Crippen LogP contribution >= 0.6 is 11.6 Å². The van der Waals surface area contributed by atoms with Crippen molar-refractivity contribution in [1.29, 1.82) is 0 Å². The molecule has 3 atom stereocenters. The molecule has 0 aromatic heterocycles. The molecule has 1 saturated heterocycles. The van der Waals surface area contributed by atoms with Crippen molar-refractivity contribution in [3.8, 4) is 5.75 Å². The molecule has 1 fully saturated rings. The molecule has 5 heteroatoms. The molecule has 5 rings (SSSR count). The largest absolute Gasteiger partial charge is 0.487 e. The summed E-state index contributed by atoms with van der Waals surface area (Å²) in [7, 11) is 0. The molecule has 3 unspecified atom stereocenters. The van der Waals surface area contributed by atoms with Crippen LogP contribution in [0, 0.1) is 0 Å². The Morgan fingerprint density at radius 2 is 1.51 bits per heavy atom. The van der Waals surface area contributed by atoms with Crippen molar-refractivity contribution in [3.63, 3.8) is 0 Å². The van der Waals surface area contributed by atoms with E-state index in [1.54, 1.807) is 6.08 Å². The van der Waals surface area contributed by atoms with Crippen molar-refractivity contribution >= 4 is 17.7 Å². The molecular formula is C40H43ClO4. The van der Waals surface area contributed by atoms with Gasteiger partial charge >= 0.3 is 0 Å². The summed E-state index contributed by atoms with van der Waals surface area (Å²) in [6.45, 7) is 12.0. The molecule has 0 saturated carbocycles. The van der Waals surface area contributed by atoms with Gasteiger partial charge in [0.2, 0.25) is 0 Å². The number of hydrogen-bond donors (Lipinski definition) is 0. The van der Waals surface area contributed by atoms with Crippen LogP contribution in [0.1, 0.15) is 64.8 Å². The van der Waals surface area contributed by atoms with Gasteiger partial charge in [0, 0.05) is 18.4 Å². The number of aryl methyl sites for hydroxylation is 1. The maximum Gasteiger partial charge on any atom is 0.146 e. The topological polar surface area (TPSA) is 36.9 Å². The van der Waals surface area contributed by atoms with Gasteiger partial charge in [-0.3, -0.25) is 0 Å². The van der Waals surface area contributed by atoms with Crippen molar-refractivity contribution < 1.29 is 18.9 Å². The van der Waals surface area contributed by atoms with Crippen LogP contribution in [-0.2, 0) is 40.3 Å². The van der Waals surface area contributed by atoms with Crippen LogP contribution in [-0.4, -0.2) is 25.4 Å². The van der Waals surface area contributed by atoms with E-state index in [0.717, 1.165) is 40.7 Å². The lowest BCUT2D eigenvalue weighted by atomic mass is 9.89. The van der Waals surface area contributed by atoms with E-state index in [1.807, 2.05) is 42.5 Å². The van der Waals surface area contributed by atoms with Gasteiger partial charge in [-0.15, -0.1) is 0 Å². The Hall–Kier alpha value is -3.67. The third-order valence-electron chi connectivity index (χ3n) is 8.19. The summed E-state index contributed by atoms with van der Waals surface area (Å²) in [5.41, 5.74) is 7.58. The normalized spacial score (nSPS) is 18.0. The highest BCUT2D eigenvalue weighted by Crippen LogP contribution is 2.43. The van der Waals surface area contributed by atoms with Crippen LogP contribution in [0.5, 0.6) is 5.75 Å². The molecule has 4 aromatic carbocycles. The van der Waals surface area contributed by atoms with E-state index in [-0.39, 0.29) is 18.3 Å². The third kappa shape index (κ3) is 8.96. The summed E-state index contributed by atoms with van der Waals surface area (Å²) in [5, 5.41) is 0.588. The molecule has 4 nitrogen and oxygen atoms in total. The monoisotopic (exact) mass is 622 g/mol. The van der Waals surface area contributed by atoms with Crippen LogP contribution in [0.25, 0.3) is 6.08 Å². The Kier molecular flexibility index (Phi) is 12.1. The van der Waals surface area contributed by atoms with E-state index in [2.05, 4.69) is 74.7 Å². The molecule has 0 amide bonds. The van der Waals surface area contributed by atoms with Gasteiger partial charge < -0.3 is 18.9 Å². The first kappa shape index (κ1) is 32.7. The Balaban J connectivity index is 1.44. The molecule has 1 aliphatic rings. The fourth-order valence-electron chi connectivity index (χ4n) is 5.81. The molecule has 1 aliphatic heterocycles. The first-order valence-corrected chi connectivity index (χ1v) is 16.2. The Morgan fingerprint density at radius 1 is 0.844 bits per heavy atom. The van der Waals surface area contributed by atoms with Crippen LogP contribution in [0.4, 0.5) is 0 Å². The van der Waals surface area contributed by atoms with Gasteiger partial charge in [-0.1, -0.05) is 135 Å². The highest BCUT2D eigenvalue weighted by atomic mass is 35.5. The molecule has 1 heterocycles. The maximum atomic E-state index is 7.06. The molecule has 0 radical (unpaired) electrons. The summed E-state index contributed by atoms with van der Waals surface area (Å²) in [5.74, 6) is 0.608. The van der Waals surface area contributed by atoms with Gasteiger partial charge in [0.15, 0.2) is 0 Å². The maximum absolute atomic E-state index is 7.06. The standard InChI is InChI=1S/C40H43ClO4/c1-4-21-43-40-36(6-3)37(23-33(39(40)41)22-30-19-17-29(5-2)18-20-30)38-25-34(44-27-32-15-11-8-12-16-32)24-35(45-38)28-42-26-31-13-9-7-10-14-31/h4,6-20,23,34-35,38H,1,3,5,21-22,24-28H2,2H3. The molecule has 0 bridgehead atoms. The van der Waals surface area contributed by atoms with Crippen LogP contribution in [0.3, 0.4) is 0 Å². The molecule has 0 N–H and O–H groups in total. The van der Waals surface area contributed by atoms with Gasteiger partial charge in [0.05, 0.1) is 43.2 Å². The third-order valence-corrected chi connectivity index (χ3v) is 8.61. The predicted octanol–water partition coefficient (Wildman–Crippen LogP) is 9.72. The van der Waals surface area contributed by atoms with Crippen LogP contribution in [0.15, 0.2) is 110 Å². The second-order valence-electron chi connectivity index (χ2n) is 11.5.